The Morgan fingerprint density at radius 2 is 1.48 bits per heavy atom. The van der Waals surface area contributed by atoms with E-state index in [0.29, 0.717) is 11.5 Å². The molecule has 4 rings (SSSR count). The summed E-state index contributed by atoms with van der Waals surface area (Å²) >= 11 is 3.45. The third-order valence-electron chi connectivity index (χ3n) is 5.05. The molecule has 0 atom stereocenters. The molecule has 0 amide bonds. The number of benzene rings is 3. The van der Waals surface area contributed by atoms with Crippen molar-refractivity contribution in [1.82, 2.24) is 4.57 Å². The molecule has 0 aliphatic rings. The van der Waals surface area contributed by atoms with Crippen LogP contribution in [0, 0.1) is 0 Å². The number of carbonyl (C=O) groups is 1. The molecule has 0 radical (unpaired) electrons. The summed E-state index contributed by atoms with van der Waals surface area (Å²) in [5, 5.41) is 0. The van der Waals surface area contributed by atoms with E-state index >= 15 is 0 Å². The Hall–Kier alpha value is -3.18. The van der Waals surface area contributed by atoms with Gasteiger partial charge < -0.3 is 0 Å². The zero-order valence-corrected chi connectivity index (χ0v) is 17.6. The van der Waals surface area contributed by atoms with Crippen molar-refractivity contribution in [3.63, 3.8) is 0 Å². The van der Waals surface area contributed by atoms with Gasteiger partial charge in [0.25, 0.3) is 0 Å². The van der Waals surface area contributed by atoms with Gasteiger partial charge in [-0.25, -0.2) is 9.13 Å². The molecule has 0 saturated heterocycles. The number of rotatable bonds is 5. The average molecular weight is 447 g/mol. The molecule has 1 aromatic heterocycles. The highest BCUT2D eigenvalue weighted by molar-refractivity contribution is 9.10. The number of aromatic nitrogens is 2. The van der Waals surface area contributed by atoms with Gasteiger partial charge in [0, 0.05) is 15.6 Å². The van der Waals surface area contributed by atoms with Crippen LogP contribution in [0.4, 0.5) is 5.95 Å². The monoisotopic (exact) mass is 446 g/mol. The lowest BCUT2D eigenvalue weighted by Crippen LogP contribution is -2.39. The van der Waals surface area contributed by atoms with E-state index in [1.54, 1.807) is 4.57 Å². The Balaban J connectivity index is 1.55. The van der Waals surface area contributed by atoms with E-state index in [0.717, 1.165) is 26.9 Å². The molecule has 0 unspecified atom stereocenters. The molecule has 29 heavy (non-hydrogen) atoms. The fourth-order valence-corrected chi connectivity index (χ4v) is 3.62. The van der Waals surface area contributed by atoms with Crippen LogP contribution >= 0.6 is 15.9 Å². The minimum atomic E-state index is 0.0225. The molecular weight excluding hydrogens is 426 g/mol. The first-order valence-electron chi connectivity index (χ1n) is 9.32. The molecule has 4 nitrogen and oxygen atoms in total. The summed E-state index contributed by atoms with van der Waals surface area (Å²) in [5.41, 5.74) is 11.2. The van der Waals surface area contributed by atoms with E-state index in [2.05, 4.69) is 28.1 Å². The van der Waals surface area contributed by atoms with Gasteiger partial charge in [-0.2, -0.15) is 0 Å². The molecule has 5 heteroatoms. The smallest absolute Gasteiger partial charge is 0.291 e. The maximum absolute atomic E-state index is 12.8. The van der Waals surface area contributed by atoms with Gasteiger partial charge in [-0.1, -0.05) is 82.7 Å². The van der Waals surface area contributed by atoms with Crippen molar-refractivity contribution in [3.8, 4) is 22.4 Å². The van der Waals surface area contributed by atoms with Crippen LogP contribution in [0.3, 0.4) is 0 Å². The third kappa shape index (κ3) is 4.00. The van der Waals surface area contributed by atoms with Gasteiger partial charge in [0.1, 0.15) is 18.4 Å². The first-order chi connectivity index (χ1) is 14.0. The van der Waals surface area contributed by atoms with E-state index in [1.807, 2.05) is 84.5 Å². The fourth-order valence-electron chi connectivity index (χ4n) is 3.36. The lowest BCUT2D eigenvalue weighted by atomic mass is 10.0. The molecule has 144 valence electrons. The normalized spacial score (nSPS) is 10.8. The van der Waals surface area contributed by atoms with Gasteiger partial charge in [-0.3, -0.25) is 10.5 Å². The molecule has 0 aliphatic carbocycles. The van der Waals surface area contributed by atoms with Crippen LogP contribution in [0.5, 0.6) is 0 Å². The van der Waals surface area contributed by atoms with E-state index in [4.69, 9.17) is 5.73 Å². The van der Waals surface area contributed by atoms with Crippen molar-refractivity contribution >= 4 is 27.7 Å². The highest BCUT2D eigenvalue weighted by Gasteiger charge is 2.20. The second kappa shape index (κ2) is 8.05. The van der Waals surface area contributed by atoms with Crippen molar-refractivity contribution in [2.75, 3.05) is 5.73 Å². The number of ketones is 1. The Labute approximate surface area is 178 Å². The minimum absolute atomic E-state index is 0.0225. The van der Waals surface area contributed by atoms with Crippen molar-refractivity contribution in [1.29, 1.82) is 0 Å². The van der Waals surface area contributed by atoms with Crippen molar-refractivity contribution in [3.05, 3.63) is 95.1 Å². The number of hydrogen-bond acceptors (Lipinski definition) is 2. The van der Waals surface area contributed by atoms with Gasteiger partial charge >= 0.3 is 5.95 Å². The number of imidazole rings is 1. The van der Waals surface area contributed by atoms with Crippen LogP contribution in [0.2, 0.25) is 0 Å². The first kappa shape index (κ1) is 19.2. The average Bonchev–Trinajstić information content (AvgIpc) is 3.03. The number of halogens is 1. The summed E-state index contributed by atoms with van der Waals surface area (Å²) in [5.74, 6) is 0.562. The number of nitrogen functional groups attached to an aromatic ring is 1. The summed E-state index contributed by atoms with van der Waals surface area (Å²) in [6, 6.07) is 25.8. The predicted molar refractivity (Wildman–Crippen MR) is 119 cm³/mol. The molecule has 0 aliphatic heterocycles. The summed E-state index contributed by atoms with van der Waals surface area (Å²) < 4.78 is 4.71. The second-order valence-corrected chi connectivity index (χ2v) is 7.85. The number of Topliss-reactive ketones (excluding diaryl/α,β-unsaturated/α-hetero) is 1. The summed E-state index contributed by atoms with van der Waals surface area (Å²) in [6.07, 6.45) is 1.93. The summed E-state index contributed by atoms with van der Waals surface area (Å²) in [4.78, 5) is 12.8. The van der Waals surface area contributed by atoms with Gasteiger partial charge in [-0.15, -0.1) is 0 Å². The zero-order chi connectivity index (χ0) is 20.4. The molecule has 0 spiro atoms. The van der Waals surface area contributed by atoms with E-state index in [9.17, 15) is 4.79 Å². The summed E-state index contributed by atoms with van der Waals surface area (Å²) in [7, 11) is 1.91. The number of nitrogens with two attached hydrogens (primary N) is 1. The van der Waals surface area contributed by atoms with Gasteiger partial charge in [-0.05, 0) is 23.3 Å². The van der Waals surface area contributed by atoms with Crippen LogP contribution in [0.25, 0.3) is 22.4 Å². The number of carbonyl (C=O) groups excluding carboxylic acids is 1. The number of nitrogens with zero attached hydrogens (tertiary/aromatic N) is 2. The van der Waals surface area contributed by atoms with E-state index in [1.165, 1.54) is 0 Å². The molecule has 1 heterocycles. The Kier molecular flexibility index (Phi) is 5.32. The highest BCUT2D eigenvalue weighted by atomic mass is 79.9. The molecule has 0 bridgehead atoms. The van der Waals surface area contributed by atoms with Crippen LogP contribution in [0.1, 0.15) is 10.4 Å². The van der Waals surface area contributed by atoms with Gasteiger partial charge in [0.05, 0.1) is 7.05 Å². The minimum Gasteiger partial charge on any atom is -0.291 e. The Morgan fingerprint density at radius 1 is 0.897 bits per heavy atom. The van der Waals surface area contributed by atoms with Crippen LogP contribution in [0.15, 0.2) is 89.5 Å². The Bertz CT molecular complexity index is 1150. The molecule has 3 aromatic carbocycles. The highest BCUT2D eigenvalue weighted by Crippen LogP contribution is 2.23. The van der Waals surface area contributed by atoms with Crippen molar-refractivity contribution < 1.29 is 9.36 Å². The molecule has 0 saturated carbocycles. The predicted octanol–water partition coefficient (Wildman–Crippen LogP) is 4.87. The fraction of sp³-hybridized carbons (Fsp3) is 0.0833. The molecule has 2 N–H and O–H groups in total. The Morgan fingerprint density at radius 3 is 2.14 bits per heavy atom. The second-order valence-electron chi connectivity index (χ2n) is 6.93. The quantitative estimate of drug-likeness (QED) is 0.351. The van der Waals surface area contributed by atoms with Crippen molar-refractivity contribution in [2.45, 2.75) is 6.54 Å². The van der Waals surface area contributed by atoms with Crippen LogP contribution < -0.4 is 10.3 Å². The topological polar surface area (TPSA) is 51.9 Å². The standard InChI is InChI=1S/C24H20BrN3O/c1-27-22(19-11-13-21(25)14-12-19)15-28(24(27)26)16-23(29)20-9-7-18(8-10-20)17-5-3-2-4-6-17/h2-15,26H,16H2,1H3/p+1. The largest absolute Gasteiger partial charge is 0.355 e. The summed E-state index contributed by atoms with van der Waals surface area (Å²) in [6.45, 7) is 0.195. The van der Waals surface area contributed by atoms with Crippen molar-refractivity contribution in [2.24, 2.45) is 7.05 Å². The zero-order valence-electron chi connectivity index (χ0n) is 16.0. The van der Waals surface area contributed by atoms with E-state index < -0.39 is 0 Å². The van der Waals surface area contributed by atoms with Gasteiger partial charge in [0.2, 0.25) is 0 Å². The maximum Gasteiger partial charge on any atom is 0.355 e. The molecular formula is C24H21BrN3O+. The van der Waals surface area contributed by atoms with Crippen LogP contribution in [-0.4, -0.2) is 10.4 Å². The molecule has 0 fully saturated rings. The SMILES string of the molecule is Cn1c(-c2ccc(Br)cc2)c[n+](CC(=O)c2ccc(-c3ccccc3)cc2)c1N. The number of anilines is 1. The first-order valence-corrected chi connectivity index (χ1v) is 10.1. The lowest BCUT2D eigenvalue weighted by molar-refractivity contribution is -0.667. The van der Waals surface area contributed by atoms with E-state index in [-0.39, 0.29) is 12.3 Å². The maximum atomic E-state index is 12.8. The van der Waals surface area contributed by atoms with Gasteiger partial charge in [0.15, 0.2) is 5.78 Å². The molecule has 4 aromatic rings. The van der Waals surface area contributed by atoms with Crippen LogP contribution in [-0.2, 0) is 13.6 Å². The number of hydrogen-bond donors (Lipinski definition) is 1. The lowest BCUT2D eigenvalue weighted by Gasteiger charge is -2.04. The third-order valence-corrected chi connectivity index (χ3v) is 5.57.